The number of rotatable bonds is 4. The van der Waals surface area contributed by atoms with Gasteiger partial charge in [-0.25, -0.2) is 4.98 Å². The molecule has 0 saturated heterocycles. The molecule has 7 nitrogen and oxygen atoms in total. The number of halogens is 1. The first kappa shape index (κ1) is 16.0. The zero-order valence-electron chi connectivity index (χ0n) is 11.4. The zero-order valence-corrected chi connectivity index (χ0v) is 13.0. The molecular formula is C12H15ClN4O3S. The number of aromatic nitrogens is 1. The fourth-order valence-corrected chi connectivity index (χ4v) is 3.39. The Labute approximate surface area is 128 Å². The fraction of sp³-hybridized carbons (Fsp3) is 0.583. The molecule has 3 atom stereocenters. The van der Waals surface area contributed by atoms with E-state index in [1.54, 1.807) is 18.3 Å². The Morgan fingerprint density at radius 3 is 2.81 bits per heavy atom. The molecule has 0 radical (unpaired) electrons. The highest BCUT2D eigenvalue weighted by Gasteiger charge is 2.34. The summed E-state index contributed by atoms with van der Waals surface area (Å²) in [7, 11) is -3.55. The highest BCUT2D eigenvalue weighted by molar-refractivity contribution is 7.86. The van der Waals surface area contributed by atoms with Crippen molar-refractivity contribution < 1.29 is 12.6 Å². The average Bonchev–Trinajstić information content (AvgIpc) is 2.40. The van der Waals surface area contributed by atoms with Crippen molar-refractivity contribution in [1.29, 1.82) is 0 Å². The summed E-state index contributed by atoms with van der Waals surface area (Å²) in [5.74, 6) is -0.200. The molecule has 9 heteroatoms. The predicted octanol–water partition coefficient (Wildman–Crippen LogP) is 3.03. The molecule has 1 saturated carbocycles. The van der Waals surface area contributed by atoms with Gasteiger partial charge in [0.2, 0.25) is 0 Å². The molecule has 0 bridgehead atoms. The molecule has 1 heterocycles. The first-order valence-corrected chi connectivity index (χ1v) is 8.62. The van der Waals surface area contributed by atoms with Crippen molar-refractivity contribution in [3.05, 3.63) is 39.5 Å². The van der Waals surface area contributed by atoms with E-state index in [1.165, 1.54) is 0 Å². The monoisotopic (exact) mass is 330 g/mol. The Balaban J connectivity index is 2.27. The van der Waals surface area contributed by atoms with Crippen LogP contribution in [0.4, 0.5) is 0 Å². The second kappa shape index (κ2) is 6.62. The maximum atomic E-state index is 11.4. The second-order valence-corrected chi connectivity index (χ2v) is 7.02. The number of hydrogen-bond donors (Lipinski definition) is 0. The Morgan fingerprint density at radius 1 is 1.48 bits per heavy atom. The summed E-state index contributed by atoms with van der Waals surface area (Å²) in [6.45, 7) is 0. The van der Waals surface area contributed by atoms with Crippen LogP contribution in [-0.4, -0.2) is 31.8 Å². The third kappa shape index (κ3) is 4.57. The fourth-order valence-electron chi connectivity index (χ4n) is 2.60. The minimum absolute atomic E-state index is 0.171. The van der Waals surface area contributed by atoms with Crippen molar-refractivity contribution >= 4 is 21.7 Å². The molecule has 0 amide bonds. The van der Waals surface area contributed by atoms with Crippen molar-refractivity contribution in [3.63, 3.8) is 0 Å². The summed E-state index contributed by atoms with van der Waals surface area (Å²) in [4.78, 5) is 6.84. The SMILES string of the molecule is CS(=O)(=O)O[C@H]1CC[C@H](N=[N+]=[N-])C[C@@H]1c1ccc(Cl)nc1. The topological polar surface area (TPSA) is 105 Å². The van der Waals surface area contributed by atoms with Crippen LogP contribution in [0.25, 0.3) is 10.4 Å². The van der Waals surface area contributed by atoms with Crippen molar-refractivity contribution in [2.75, 3.05) is 6.26 Å². The summed E-state index contributed by atoms with van der Waals surface area (Å²) in [5, 5.41) is 4.10. The van der Waals surface area contributed by atoms with E-state index in [-0.39, 0.29) is 12.0 Å². The van der Waals surface area contributed by atoms with E-state index in [1.807, 2.05) is 0 Å². The van der Waals surface area contributed by atoms with Crippen LogP contribution in [0.1, 0.15) is 30.7 Å². The largest absolute Gasteiger partial charge is 0.266 e. The Bertz CT molecular complexity index is 643. The average molecular weight is 331 g/mol. The van der Waals surface area contributed by atoms with Gasteiger partial charge < -0.3 is 0 Å². The standard InChI is InChI=1S/C12H15ClN4O3S/c1-21(18,19)20-11-4-3-9(16-17-14)6-10(11)8-2-5-12(13)15-7-8/h2,5,7,9-11H,3-4,6H2,1H3/t9-,10+,11-/m0/s1. The predicted molar refractivity (Wildman–Crippen MR) is 78.5 cm³/mol. The minimum atomic E-state index is -3.55. The summed E-state index contributed by atoms with van der Waals surface area (Å²) >= 11 is 5.77. The molecule has 1 aliphatic carbocycles. The maximum absolute atomic E-state index is 11.4. The van der Waals surface area contributed by atoms with E-state index in [9.17, 15) is 8.42 Å². The van der Waals surface area contributed by atoms with E-state index in [0.717, 1.165) is 11.8 Å². The lowest BCUT2D eigenvalue weighted by molar-refractivity contribution is 0.130. The van der Waals surface area contributed by atoms with Gasteiger partial charge in [0, 0.05) is 23.1 Å². The van der Waals surface area contributed by atoms with Gasteiger partial charge in [0.05, 0.1) is 12.4 Å². The van der Waals surface area contributed by atoms with Gasteiger partial charge >= 0.3 is 0 Å². The highest BCUT2D eigenvalue weighted by atomic mass is 35.5. The van der Waals surface area contributed by atoms with Gasteiger partial charge in [-0.15, -0.1) is 0 Å². The maximum Gasteiger partial charge on any atom is 0.264 e. The third-order valence-corrected chi connectivity index (χ3v) is 4.27. The molecule has 1 aromatic heterocycles. The van der Waals surface area contributed by atoms with E-state index >= 15 is 0 Å². The highest BCUT2D eigenvalue weighted by Crippen LogP contribution is 2.37. The van der Waals surface area contributed by atoms with E-state index in [2.05, 4.69) is 15.0 Å². The lowest BCUT2D eigenvalue weighted by Crippen LogP contribution is -2.33. The first-order valence-electron chi connectivity index (χ1n) is 6.43. The van der Waals surface area contributed by atoms with Crippen LogP contribution < -0.4 is 0 Å². The van der Waals surface area contributed by atoms with Crippen LogP contribution in [0.15, 0.2) is 23.4 Å². The quantitative estimate of drug-likeness (QED) is 0.278. The van der Waals surface area contributed by atoms with Gasteiger partial charge in [-0.3, -0.25) is 4.18 Å². The number of nitrogens with zero attached hydrogens (tertiary/aromatic N) is 4. The second-order valence-electron chi connectivity index (χ2n) is 5.03. The summed E-state index contributed by atoms with van der Waals surface area (Å²) in [6, 6.07) is 3.26. The lowest BCUT2D eigenvalue weighted by Gasteiger charge is -2.33. The van der Waals surface area contributed by atoms with E-state index < -0.39 is 16.2 Å². The summed E-state index contributed by atoms with van der Waals surface area (Å²) < 4.78 is 28.0. The molecule has 21 heavy (non-hydrogen) atoms. The van der Waals surface area contributed by atoms with Crippen LogP contribution in [0.2, 0.25) is 5.15 Å². The molecule has 1 aromatic rings. The van der Waals surface area contributed by atoms with Crippen molar-refractivity contribution in [3.8, 4) is 0 Å². The Hall–Kier alpha value is -1.34. The van der Waals surface area contributed by atoms with Crippen LogP contribution in [0.3, 0.4) is 0 Å². The number of pyridine rings is 1. The summed E-state index contributed by atoms with van der Waals surface area (Å²) in [5.41, 5.74) is 9.39. The van der Waals surface area contributed by atoms with Crippen LogP contribution in [0.5, 0.6) is 0 Å². The van der Waals surface area contributed by atoms with Gasteiger partial charge in [0.1, 0.15) is 5.15 Å². The van der Waals surface area contributed by atoms with Gasteiger partial charge in [-0.2, -0.15) is 8.42 Å². The van der Waals surface area contributed by atoms with Gasteiger partial charge in [0.15, 0.2) is 0 Å². The summed E-state index contributed by atoms with van der Waals surface area (Å²) in [6.07, 6.45) is 3.78. The molecule has 2 rings (SSSR count). The third-order valence-electron chi connectivity index (χ3n) is 3.45. The van der Waals surface area contributed by atoms with Crippen LogP contribution in [0, 0.1) is 0 Å². The van der Waals surface area contributed by atoms with Crippen molar-refractivity contribution in [1.82, 2.24) is 4.98 Å². The molecular weight excluding hydrogens is 316 g/mol. The van der Waals surface area contributed by atoms with Crippen LogP contribution >= 0.6 is 11.6 Å². The molecule has 0 spiro atoms. The first-order chi connectivity index (χ1) is 9.89. The normalized spacial score (nSPS) is 26.1. The van der Waals surface area contributed by atoms with Gasteiger partial charge in [-0.05, 0) is 36.4 Å². The van der Waals surface area contributed by atoms with Gasteiger partial charge in [-0.1, -0.05) is 22.8 Å². The smallest absolute Gasteiger partial charge is 0.264 e. The molecule has 0 unspecified atom stereocenters. The molecule has 1 fully saturated rings. The molecule has 0 N–H and O–H groups in total. The Kier molecular flexibility index (Phi) is 5.05. The van der Waals surface area contributed by atoms with E-state index in [4.69, 9.17) is 21.3 Å². The van der Waals surface area contributed by atoms with Crippen LogP contribution in [-0.2, 0) is 14.3 Å². The van der Waals surface area contributed by atoms with E-state index in [0.29, 0.717) is 24.4 Å². The molecule has 0 aromatic carbocycles. The number of azide groups is 1. The minimum Gasteiger partial charge on any atom is -0.266 e. The molecule has 114 valence electrons. The lowest BCUT2D eigenvalue weighted by atomic mass is 9.80. The number of hydrogen-bond acceptors (Lipinski definition) is 5. The van der Waals surface area contributed by atoms with Gasteiger partial charge in [0.25, 0.3) is 10.1 Å². The Morgan fingerprint density at radius 2 is 2.24 bits per heavy atom. The van der Waals surface area contributed by atoms with Crippen molar-refractivity contribution in [2.45, 2.75) is 37.3 Å². The molecule has 1 aliphatic rings. The van der Waals surface area contributed by atoms with Crippen molar-refractivity contribution in [2.24, 2.45) is 5.11 Å². The zero-order chi connectivity index (χ0) is 15.5. The molecule has 0 aliphatic heterocycles.